The van der Waals surface area contributed by atoms with Crippen molar-refractivity contribution in [1.82, 2.24) is 0 Å². The van der Waals surface area contributed by atoms with Gasteiger partial charge in [0.25, 0.3) is 0 Å². The Bertz CT molecular complexity index is 523. The third kappa shape index (κ3) is 5.25. The molecule has 4 heteroatoms. The van der Waals surface area contributed by atoms with Gasteiger partial charge in [0.1, 0.15) is 12.4 Å². The van der Waals surface area contributed by atoms with Gasteiger partial charge < -0.3 is 19.6 Å². The van der Waals surface area contributed by atoms with Gasteiger partial charge in [-0.1, -0.05) is 26.0 Å². The van der Waals surface area contributed by atoms with Gasteiger partial charge >= 0.3 is 0 Å². The average molecular weight is 289 g/mol. The molecular formula is C17H23NO3. The Morgan fingerprint density at radius 1 is 1.24 bits per heavy atom. The van der Waals surface area contributed by atoms with Crippen LogP contribution in [0.15, 0.2) is 47.1 Å². The van der Waals surface area contributed by atoms with Crippen molar-refractivity contribution in [3.05, 3.63) is 54.0 Å². The number of aliphatic hydroxyl groups excluding tert-OH is 1. The Morgan fingerprint density at radius 2 is 2.10 bits per heavy atom. The molecule has 2 aromatic rings. The van der Waals surface area contributed by atoms with Crippen molar-refractivity contribution < 1.29 is 14.3 Å². The normalized spacial score (nSPS) is 12.6. The summed E-state index contributed by atoms with van der Waals surface area (Å²) in [6, 6.07) is 11.9. The third-order valence-electron chi connectivity index (χ3n) is 3.23. The molecule has 0 saturated carbocycles. The zero-order valence-corrected chi connectivity index (χ0v) is 12.6. The molecule has 4 nitrogen and oxygen atoms in total. The fourth-order valence-corrected chi connectivity index (χ4v) is 1.99. The van der Waals surface area contributed by atoms with E-state index in [9.17, 15) is 5.11 Å². The maximum Gasteiger partial charge on any atom is 0.129 e. The quantitative estimate of drug-likeness (QED) is 0.782. The molecule has 0 spiro atoms. The zero-order valence-electron chi connectivity index (χ0n) is 12.6. The summed E-state index contributed by atoms with van der Waals surface area (Å²) in [5.74, 6) is 1.26. The van der Waals surface area contributed by atoms with Crippen molar-refractivity contribution in [2.45, 2.75) is 32.5 Å². The van der Waals surface area contributed by atoms with Gasteiger partial charge in [-0.2, -0.15) is 0 Å². The molecule has 2 rings (SSSR count). The van der Waals surface area contributed by atoms with Gasteiger partial charge in [-0.25, -0.2) is 0 Å². The summed E-state index contributed by atoms with van der Waals surface area (Å²) in [5, 5.41) is 13.1. The number of ether oxygens (including phenoxy) is 1. The minimum atomic E-state index is -0.553. The number of furan rings is 1. The Kier molecular flexibility index (Phi) is 5.84. The summed E-state index contributed by atoms with van der Waals surface area (Å²) in [6.07, 6.45) is 1.06. The Balaban J connectivity index is 1.70. The van der Waals surface area contributed by atoms with Gasteiger partial charge in [0.05, 0.1) is 19.0 Å². The molecule has 0 radical (unpaired) electrons. The maximum absolute atomic E-state index is 9.90. The summed E-state index contributed by atoms with van der Waals surface area (Å²) in [5.41, 5.74) is 2.30. The van der Waals surface area contributed by atoms with Crippen LogP contribution in [0.5, 0.6) is 0 Å². The Morgan fingerprint density at radius 3 is 2.81 bits per heavy atom. The van der Waals surface area contributed by atoms with Gasteiger partial charge in [-0.05, 0) is 35.7 Å². The first-order valence-electron chi connectivity index (χ1n) is 7.27. The van der Waals surface area contributed by atoms with E-state index in [0.29, 0.717) is 19.1 Å². The van der Waals surface area contributed by atoms with Crippen LogP contribution in [0.4, 0.5) is 5.69 Å². The number of anilines is 1. The minimum absolute atomic E-state index is 0.275. The molecule has 21 heavy (non-hydrogen) atoms. The van der Waals surface area contributed by atoms with Gasteiger partial charge in [-0.15, -0.1) is 0 Å². The first-order chi connectivity index (χ1) is 10.1. The number of aliphatic hydroxyl groups is 1. The predicted molar refractivity (Wildman–Crippen MR) is 83.4 cm³/mol. The number of hydrogen-bond donors (Lipinski definition) is 2. The molecule has 1 unspecified atom stereocenters. The first kappa shape index (κ1) is 15.6. The molecule has 114 valence electrons. The van der Waals surface area contributed by atoms with Gasteiger partial charge in [-0.3, -0.25) is 0 Å². The van der Waals surface area contributed by atoms with E-state index < -0.39 is 6.10 Å². The van der Waals surface area contributed by atoms with Crippen molar-refractivity contribution in [3.63, 3.8) is 0 Å². The van der Waals surface area contributed by atoms with Crippen molar-refractivity contribution in [1.29, 1.82) is 0 Å². The van der Waals surface area contributed by atoms with Crippen LogP contribution in [0.2, 0.25) is 0 Å². The van der Waals surface area contributed by atoms with Crippen molar-refractivity contribution in [2.75, 3.05) is 18.5 Å². The highest BCUT2D eigenvalue weighted by molar-refractivity contribution is 5.46. The van der Waals surface area contributed by atoms with E-state index in [1.807, 2.05) is 24.3 Å². The Labute approximate surface area is 125 Å². The van der Waals surface area contributed by atoms with E-state index in [2.05, 4.69) is 31.3 Å². The highest BCUT2D eigenvalue weighted by Crippen LogP contribution is 2.18. The lowest BCUT2D eigenvalue weighted by molar-refractivity contribution is 0.0282. The monoisotopic (exact) mass is 289 g/mol. The first-order valence-corrected chi connectivity index (χ1v) is 7.27. The smallest absolute Gasteiger partial charge is 0.129 e. The van der Waals surface area contributed by atoms with Crippen LogP contribution in [-0.2, 0) is 11.3 Å². The molecule has 0 aliphatic heterocycles. The minimum Gasteiger partial charge on any atom is -0.467 e. The number of hydrogen-bond acceptors (Lipinski definition) is 4. The van der Waals surface area contributed by atoms with Crippen molar-refractivity contribution in [3.8, 4) is 0 Å². The molecule has 0 aliphatic rings. The van der Waals surface area contributed by atoms with Crippen LogP contribution in [0.3, 0.4) is 0 Å². The molecule has 0 fully saturated rings. The lowest BCUT2D eigenvalue weighted by atomic mass is 10.0. The van der Waals surface area contributed by atoms with Crippen molar-refractivity contribution in [2.24, 2.45) is 0 Å². The van der Waals surface area contributed by atoms with E-state index in [1.54, 1.807) is 6.26 Å². The summed E-state index contributed by atoms with van der Waals surface area (Å²) in [7, 11) is 0. The molecule has 0 bridgehead atoms. The van der Waals surface area contributed by atoms with E-state index in [1.165, 1.54) is 5.56 Å². The predicted octanol–water partition coefficient (Wildman–Crippen LogP) is 3.39. The summed E-state index contributed by atoms with van der Waals surface area (Å²) < 4.78 is 10.6. The highest BCUT2D eigenvalue weighted by Gasteiger charge is 2.06. The van der Waals surface area contributed by atoms with Crippen LogP contribution < -0.4 is 5.32 Å². The molecule has 0 amide bonds. The lowest BCUT2D eigenvalue weighted by Gasteiger charge is -2.14. The average Bonchev–Trinajstić information content (AvgIpc) is 2.99. The lowest BCUT2D eigenvalue weighted by Crippen LogP contribution is -2.24. The molecule has 0 aliphatic carbocycles. The van der Waals surface area contributed by atoms with E-state index in [4.69, 9.17) is 9.15 Å². The summed E-state index contributed by atoms with van der Waals surface area (Å²) >= 11 is 0. The second kappa shape index (κ2) is 7.86. The zero-order chi connectivity index (χ0) is 15.1. The van der Waals surface area contributed by atoms with Gasteiger partial charge in [0.15, 0.2) is 0 Å². The molecule has 1 atom stereocenters. The molecule has 2 N–H and O–H groups in total. The Hall–Kier alpha value is -1.78. The summed E-state index contributed by atoms with van der Waals surface area (Å²) in [4.78, 5) is 0. The molecule has 1 aromatic carbocycles. The van der Waals surface area contributed by atoms with Crippen molar-refractivity contribution >= 4 is 5.69 Å². The van der Waals surface area contributed by atoms with Crippen LogP contribution in [0.25, 0.3) is 0 Å². The highest BCUT2D eigenvalue weighted by atomic mass is 16.5. The van der Waals surface area contributed by atoms with Crippen LogP contribution in [-0.4, -0.2) is 24.4 Å². The van der Waals surface area contributed by atoms with E-state index in [-0.39, 0.29) is 6.61 Å². The van der Waals surface area contributed by atoms with E-state index >= 15 is 0 Å². The number of rotatable bonds is 8. The number of nitrogens with one attached hydrogen (secondary N) is 1. The molecule has 1 heterocycles. The SMILES string of the molecule is CC(C)c1cccc(NCC(O)COCc2ccco2)c1. The fraction of sp³-hybridized carbons (Fsp3) is 0.412. The summed E-state index contributed by atoms with van der Waals surface area (Å²) in [6.45, 7) is 5.44. The molecule has 1 aromatic heterocycles. The van der Waals surface area contributed by atoms with Crippen LogP contribution in [0, 0.1) is 0 Å². The maximum atomic E-state index is 9.90. The third-order valence-corrected chi connectivity index (χ3v) is 3.23. The second-order valence-corrected chi connectivity index (χ2v) is 5.41. The number of benzene rings is 1. The van der Waals surface area contributed by atoms with E-state index in [0.717, 1.165) is 11.4 Å². The second-order valence-electron chi connectivity index (χ2n) is 5.41. The van der Waals surface area contributed by atoms with Crippen LogP contribution in [0.1, 0.15) is 31.1 Å². The largest absolute Gasteiger partial charge is 0.467 e. The molecular weight excluding hydrogens is 266 g/mol. The molecule has 0 saturated heterocycles. The van der Waals surface area contributed by atoms with Gasteiger partial charge in [0, 0.05) is 12.2 Å². The standard InChI is InChI=1S/C17H23NO3/c1-13(2)14-5-3-6-15(9-14)18-10-16(19)11-20-12-17-7-4-8-21-17/h3-9,13,16,18-19H,10-12H2,1-2H3. The van der Waals surface area contributed by atoms with Crippen LogP contribution >= 0.6 is 0 Å². The topological polar surface area (TPSA) is 54.6 Å². The fourth-order valence-electron chi connectivity index (χ4n) is 1.99. The van der Waals surface area contributed by atoms with Gasteiger partial charge in [0.2, 0.25) is 0 Å².